The van der Waals surface area contributed by atoms with Gasteiger partial charge in [0.05, 0.1) is 12.4 Å². The topological polar surface area (TPSA) is 66.9 Å². The molecule has 0 radical (unpaired) electrons. The molecule has 26 heavy (non-hydrogen) atoms. The van der Waals surface area contributed by atoms with Crippen LogP contribution in [0.2, 0.25) is 0 Å². The Morgan fingerprint density at radius 1 is 0.923 bits per heavy atom. The summed E-state index contributed by atoms with van der Waals surface area (Å²) in [6.07, 6.45) is 2.50. The number of nitrogens with one attached hydrogen (secondary N) is 2. The van der Waals surface area contributed by atoms with E-state index in [1.165, 1.54) is 30.6 Å². The molecule has 2 N–H and O–H groups in total. The third-order valence-corrected chi connectivity index (χ3v) is 3.47. The van der Waals surface area contributed by atoms with E-state index in [0.29, 0.717) is 12.4 Å². The molecule has 0 unspecified atom stereocenters. The zero-order chi connectivity index (χ0) is 18.5. The summed E-state index contributed by atoms with van der Waals surface area (Å²) in [6, 6.07) is 9.21. The standard InChI is InChI=1S/C18H13F3N4O/c19-12-6-4-11(5-7-12)8-23-16-10-22-15(9-24-16)18(26)25-17-13(20)2-1-3-14(17)21/h1-7,9-10H,8H2,(H,23,24)(H,25,26). The molecule has 0 saturated carbocycles. The number of benzene rings is 2. The molecular formula is C18H13F3N4O. The summed E-state index contributed by atoms with van der Waals surface area (Å²) in [5.74, 6) is -2.49. The Labute approximate surface area is 146 Å². The van der Waals surface area contributed by atoms with E-state index in [-0.39, 0.29) is 11.5 Å². The lowest BCUT2D eigenvalue weighted by Gasteiger charge is -2.08. The monoisotopic (exact) mass is 358 g/mol. The Morgan fingerprint density at radius 3 is 2.23 bits per heavy atom. The minimum absolute atomic E-state index is 0.0972. The van der Waals surface area contributed by atoms with Crippen molar-refractivity contribution >= 4 is 17.4 Å². The highest BCUT2D eigenvalue weighted by molar-refractivity contribution is 6.02. The smallest absolute Gasteiger partial charge is 0.276 e. The number of carbonyl (C=O) groups is 1. The number of hydrogen-bond donors (Lipinski definition) is 2. The molecule has 0 fully saturated rings. The van der Waals surface area contributed by atoms with Gasteiger partial charge in [0.2, 0.25) is 0 Å². The van der Waals surface area contributed by atoms with E-state index in [2.05, 4.69) is 20.6 Å². The SMILES string of the molecule is O=C(Nc1c(F)cccc1F)c1cnc(NCc2ccc(F)cc2)cn1. The molecule has 1 amide bonds. The first kappa shape index (κ1) is 17.4. The van der Waals surface area contributed by atoms with Gasteiger partial charge in [-0.25, -0.2) is 23.1 Å². The highest BCUT2D eigenvalue weighted by Gasteiger charge is 2.14. The summed E-state index contributed by atoms with van der Waals surface area (Å²) >= 11 is 0. The van der Waals surface area contributed by atoms with Crippen molar-refractivity contribution in [1.29, 1.82) is 0 Å². The second kappa shape index (κ2) is 7.64. The molecule has 8 heteroatoms. The molecule has 0 aliphatic heterocycles. The summed E-state index contributed by atoms with van der Waals surface area (Å²) in [7, 11) is 0. The molecule has 132 valence electrons. The molecule has 5 nitrogen and oxygen atoms in total. The third-order valence-electron chi connectivity index (χ3n) is 3.47. The molecule has 0 bridgehead atoms. The van der Waals surface area contributed by atoms with Crippen LogP contribution < -0.4 is 10.6 Å². The lowest BCUT2D eigenvalue weighted by Crippen LogP contribution is -2.16. The summed E-state index contributed by atoms with van der Waals surface area (Å²) in [4.78, 5) is 20.0. The van der Waals surface area contributed by atoms with Crippen molar-refractivity contribution in [2.24, 2.45) is 0 Å². The molecule has 1 aromatic heterocycles. The van der Waals surface area contributed by atoms with Gasteiger partial charge in [-0.15, -0.1) is 0 Å². The Kier molecular flexibility index (Phi) is 5.12. The Hall–Kier alpha value is -3.42. The van der Waals surface area contributed by atoms with Crippen LogP contribution in [0.5, 0.6) is 0 Å². The van der Waals surface area contributed by atoms with Crippen LogP contribution in [0.1, 0.15) is 16.1 Å². The number of halogens is 3. The summed E-state index contributed by atoms with van der Waals surface area (Å²) < 4.78 is 40.0. The number of aromatic nitrogens is 2. The van der Waals surface area contributed by atoms with E-state index in [9.17, 15) is 18.0 Å². The normalized spacial score (nSPS) is 10.4. The van der Waals surface area contributed by atoms with E-state index in [1.807, 2.05) is 0 Å². The minimum atomic E-state index is -0.885. The summed E-state index contributed by atoms with van der Waals surface area (Å²) in [6.45, 7) is 0.390. The molecule has 3 rings (SSSR count). The van der Waals surface area contributed by atoms with Crippen LogP contribution in [0.15, 0.2) is 54.9 Å². The molecule has 0 spiro atoms. The molecule has 0 aliphatic carbocycles. The first-order valence-corrected chi connectivity index (χ1v) is 7.58. The van der Waals surface area contributed by atoms with Gasteiger partial charge in [-0.1, -0.05) is 18.2 Å². The minimum Gasteiger partial charge on any atom is -0.365 e. The van der Waals surface area contributed by atoms with Crippen molar-refractivity contribution < 1.29 is 18.0 Å². The molecule has 0 aliphatic rings. The largest absolute Gasteiger partial charge is 0.365 e. The predicted octanol–water partition coefficient (Wildman–Crippen LogP) is 3.76. The van der Waals surface area contributed by atoms with Gasteiger partial charge in [-0.2, -0.15) is 0 Å². The van der Waals surface area contributed by atoms with E-state index in [4.69, 9.17) is 0 Å². The van der Waals surface area contributed by atoms with Crippen LogP contribution in [0.25, 0.3) is 0 Å². The van der Waals surface area contributed by atoms with Gasteiger partial charge >= 0.3 is 0 Å². The second-order valence-electron chi connectivity index (χ2n) is 5.32. The first-order valence-electron chi connectivity index (χ1n) is 7.58. The van der Waals surface area contributed by atoms with E-state index < -0.39 is 23.2 Å². The van der Waals surface area contributed by atoms with Crippen molar-refractivity contribution in [2.75, 3.05) is 10.6 Å². The molecule has 3 aromatic rings. The average Bonchev–Trinajstić information content (AvgIpc) is 2.65. The Balaban J connectivity index is 1.63. The fraction of sp³-hybridized carbons (Fsp3) is 0.0556. The molecule has 2 aromatic carbocycles. The van der Waals surface area contributed by atoms with Crippen LogP contribution in [-0.4, -0.2) is 15.9 Å². The second-order valence-corrected chi connectivity index (χ2v) is 5.32. The number of nitrogens with zero attached hydrogens (tertiary/aromatic N) is 2. The number of hydrogen-bond acceptors (Lipinski definition) is 4. The van der Waals surface area contributed by atoms with Crippen LogP contribution in [0, 0.1) is 17.5 Å². The van der Waals surface area contributed by atoms with Crippen LogP contribution >= 0.6 is 0 Å². The van der Waals surface area contributed by atoms with E-state index in [1.54, 1.807) is 12.1 Å². The first-order chi connectivity index (χ1) is 12.5. The van der Waals surface area contributed by atoms with Gasteiger partial charge in [-0.3, -0.25) is 4.79 Å². The van der Waals surface area contributed by atoms with Crippen LogP contribution in [-0.2, 0) is 6.54 Å². The Morgan fingerprint density at radius 2 is 1.62 bits per heavy atom. The lowest BCUT2D eigenvalue weighted by atomic mass is 10.2. The van der Waals surface area contributed by atoms with Crippen molar-refractivity contribution in [3.05, 3.63) is 83.6 Å². The number of carbonyl (C=O) groups excluding carboxylic acids is 1. The molecule has 0 atom stereocenters. The van der Waals surface area contributed by atoms with Gasteiger partial charge in [0, 0.05) is 6.54 Å². The fourth-order valence-electron chi connectivity index (χ4n) is 2.13. The maximum atomic E-state index is 13.6. The molecule has 1 heterocycles. The lowest BCUT2D eigenvalue weighted by molar-refractivity contribution is 0.102. The number of rotatable bonds is 5. The van der Waals surface area contributed by atoms with Gasteiger partial charge < -0.3 is 10.6 Å². The van der Waals surface area contributed by atoms with Crippen molar-refractivity contribution in [3.8, 4) is 0 Å². The number of anilines is 2. The van der Waals surface area contributed by atoms with Gasteiger partial charge in [0.15, 0.2) is 0 Å². The van der Waals surface area contributed by atoms with Crippen molar-refractivity contribution in [1.82, 2.24) is 9.97 Å². The van der Waals surface area contributed by atoms with Crippen molar-refractivity contribution in [2.45, 2.75) is 6.54 Å². The quantitative estimate of drug-likeness (QED) is 0.729. The fourth-order valence-corrected chi connectivity index (χ4v) is 2.13. The Bertz CT molecular complexity index is 894. The van der Waals surface area contributed by atoms with Crippen molar-refractivity contribution in [3.63, 3.8) is 0 Å². The van der Waals surface area contributed by atoms with Crippen LogP contribution in [0.3, 0.4) is 0 Å². The van der Waals surface area contributed by atoms with E-state index in [0.717, 1.165) is 17.7 Å². The predicted molar refractivity (Wildman–Crippen MR) is 90.1 cm³/mol. The maximum absolute atomic E-state index is 13.6. The maximum Gasteiger partial charge on any atom is 0.276 e. The molecular weight excluding hydrogens is 345 g/mol. The molecule has 0 saturated heterocycles. The van der Waals surface area contributed by atoms with Crippen LogP contribution in [0.4, 0.5) is 24.7 Å². The third kappa shape index (κ3) is 4.15. The summed E-state index contributed by atoms with van der Waals surface area (Å²) in [5.41, 5.74) is 0.197. The number of amides is 1. The highest BCUT2D eigenvalue weighted by atomic mass is 19.1. The average molecular weight is 358 g/mol. The summed E-state index contributed by atoms with van der Waals surface area (Å²) in [5, 5.41) is 5.10. The van der Waals surface area contributed by atoms with E-state index >= 15 is 0 Å². The van der Waals surface area contributed by atoms with Gasteiger partial charge in [-0.05, 0) is 29.8 Å². The zero-order valence-corrected chi connectivity index (χ0v) is 13.3. The van der Waals surface area contributed by atoms with Gasteiger partial charge in [0.25, 0.3) is 5.91 Å². The highest BCUT2D eigenvalue weighted by Crippen LogP contribution is 2.18. The van der Waals surface area contributed by atoms with Gasteiger partial charge in [0.1, 0.15) is 34.7 Å². The number of para-hydroxylation sites is 1. The zero-order valence-electron chi connectivity index (χ0n) is 13.3.